The molecule has 0 fully saturated rings. The molecule has 1 heterocycles. The van der Waals surface area contributed by atoms with E-state index in [4.69, 9.17) is 10.8 Å². The number of carboxylic acids is 1. The topological polar surface area (TPSA) is 81.1 Å². The normalized spacial score (nSPS) is 10.5. The van der Waals surface area contributed by atoms with Crippen LogP contribution in [0.4, 0.5) is 5.82 Å². The van der Waals surface area contributed by atoms with Crippen molar-refractivity contribution < 1.29 is 9.90 Å². The fourth-order valence-electron chi connectivity index (χ4n) is 1.44. The maximum Gasteiger partial charge on any atom is 0.341 e. The van der Waals surface area contributed by atoms with Crippen LogP contribution < -0.4 is 5.73 Å². The van der Waals surface area contributed by atoms with Crippen molar-refractivity contribution in [2.75, 3.05) is 5.73 Å². The summed E-state index contributed by atoms with van der Waals surface area (Å²) >= 11 is 3.41. The van der Waals surface area contributed by atoms with Gasteiger partial charge < -0.3 is 10.8 Å². The first kappa shape index (κ1) is 11.7. The fraction of sp³-hybridized carbons (Fsp3) is 0.0909. The maximum absolute atomic E-state index is 10.8. The Morgan fingerprint density at radius 3 is 2.76 bits per heavy atom. The summed E-state index contributed by atoms with van der Waals surface area (Å²) in [6.07, 6.45) is 1.24. The van der Waals surface area contributed by atoms with Crippen molar-refractivity contribution in [1.82, 2.24) is 9.78 Å². The highest BCUT2D eigenvalue weighted by atomic mass is 79.9. The number of hydrogen-bond acceptors (Lipinski definition) is 3. The number of nitrogens with two attached hydrogens (primary N) is 1. The molecule has 1 aromatic carbocycles. The fourth-order valence-corrected chi connectivity index (χ4v) is 1.81. The smallest absolute Gasteiger partial charge is 0.341 e. The quantitative estimate of drug-likeness (QED) is 0.890. The third-order valence-corrected chi connectivity index (χ3v) is 3.29. The average Bonchev–Trinajstić information content (AvgIpc) is 2.64. The van der Waals surface area contributed by atoms with Crippen molar-refractivity contribution in [1.29, 1.82) is 0 Å². The number of anilines is 1. The van der Waals surface area contributed by atoms with Gasteiger partial charge in [0.2, 0.25) is 0 Å². The summed E-state index contributed by atoms with van der Waals surface area (Å²) in [7, 11) is 0. The molecule has 0 unspecified atom stereocenters. The molecule has 3 N–H and O–H groups in total. The second-order valence-corrected chi connectivity index (χ2v) is 4.45. The predicted molar refractivity (Wildman–Crippen MR) is 67.4 cm³/mol. The third-order valence-electron chi connectivity index (χ3n) is 2.44. The van der Waals surface area contributed by atoms with Crippen LogP contribution in [0.3, 0.4) is 0 Å². The maximum atomic E-state index is 10.8. The monoisotopic (exact) mass is 295 g/mol. The lowest BCUT2D eigenvalue weighted by atomic mass is 10.2. The highest BCUT2D eigenvalue weighted by Gasteiger charge is 2.14. The molecule has 1 aromatic heterocycles. The van der Waals surface area contributed by atoms with Gasteiger partial charge in [-0.2, -0.15) is 5.10 Å². The SMILES string of the molecule is Cc1ccc(-n2ncc(C(=O)O)c2N)cc1Br. The van der Waals surface area contributed by atoms with Crippen LogP contribution >= 0.6 is 15.9 Å². The molecular weight excluding hydrogens is 286 g/mol. The average molecular weight is 296 g/mol. The highest BCUT2D eigenvalue weighted by molar-refractivity contribution is 9.10. The molecule has 0 amide bonds. The molecule has 0 spiro atoms. The number of carbonyl (C=O) groups is 1. The van der Waals surface area contributed by atoms with Crippen LogP contribution in [-0.2, 0) is 0 Å². The Morgan fingerprint density at radius 1 is 1.53 bits per heavy atom. The number of nitrogen functional groups attached to an aromatic ring is 1. The van der Waals surface area contributed by atoms with Crippen LogP contribution in [0.2, 0.25) is 0 Å². The van der Waals surface area contributed by atoms with E-state index in [-0.39, 0.29) is 11.4 Å². The number of aryl methyl sites for hydroxylation is 1. The molecule has 2 rings (SSSR count). The number of hydrogen-bond donors (Lipinski definition) is 2. The van der Waals surface area contributed by atoms with Crippen molar-refractivity contribution in [2.45, 2.75) is 6.92 Å². The van der Waals surface area contributed by atoms with Crippen molar-refractivity contribution in [3.63, 3.8) is 0 Å². The lowest BCUT2D eigenvalue weighted by Crippen LogP contribution is -2.05. The van der Waals surface area contributed by atoms with E-state index in [2.05, 4.69) is 21.0 Å². The van der Waals surface area contributed by atoms with Crippen LogP contribution in [0.1, 0.15) is 15.9 Å². The van der Waals surface area contributed by atoms with Crippen molar-refractivity contribution in [3.8, 4) is 5.69 Å². The zero-order valence-electron chi connectivity index (χ0n) is 9.01. The number of rotatable bonds is 2. The third kappa shape index (κ3) is 2.03. The van der Waals surface area contributed by atoms with Gasteiger partial charge >= 0.3 is 5.97 Å². The van der Waals surface area contributed by atoms with Crippen LogP contribution in [0, 0.1) is 6.92 Å². The van der Waals surface area contributed by atoms with Gasteiger partial charge in [0.1, 0.15) is 11.4 Å². The molecule has 0 saturated carbocycles. The summed E-state index contributed by atoms with van der Waals surface area (Å²) in [4.78, 5) is 10.8. The summed E-state index contributed by atoms with van der Waals surface area (Å²) in [6.45, 7) is 1.96. The largest absolute Gasteiger partial charge is 0.477 e. The molecule has 2 aromatic rings. The Hall–Kier alpha value is -1.82. The van der Waals surface area contributed by atoms with E-state index >= 15 is 0 Å². The first-order chi connectivity index (χ1) is 8.00. The molecule has 0 bridgehead atoms. The van der Waals surface area contributed by atoms with Gasteiger partial charge in [0.05, 0.1) is 11.9 Å². The Kier molecular flexibility index (Phi) is 2.89. The first-order valence-corrected chi connectivity index (χ1v) is 5.63. The predicted octanol–water partition coefficient (Wildman–Crippen LogP) is 2.22. The van der Waals surface area contributed by atoms with Gasteiger partial charge in [-0.25, -0.2) is 9.48 Å². The van der Waals surface area contributed by atoms with Gasteiger partial charge in [0.25, 0.3) is 0 Å². The number of benzene rings is 1. The Bertz CT molecular complexity index is 592. The Morgan fingerprint density at radius 2 is 2.24 bits per heavy atom. The van der Waals surface area contributed by atoms with Gasteiger partial charge in [-0.3, -0.25) is 0 Å². The number of nitrogens with zero attached hydrogens (tertiary/aromatic N) is 2. The Labute approximate surface area is 106 Å². The van der Waals surface area contributed by atoms with Gasteiger partial charge in [-0.15, -0.1) is 0 Å². The molecule has 6 heteroatoms. The van der Waals surface area contributed by atoms with Crippen molar-refractivity contribution >= 4 is 27.7 Å². The zero-order chi connectivity index (χ0) is 12.6. The lowest BCUT2D eigenvalue weighted by molar-refractivity contribution is 0.0698. The Balaban J connectivity index is 2.53. The van der Waals surface area contributed by atoms with E-state index in [1.165, 1.54) is 10.9 Å². The van der Waals surface area contributed by atoms with E-state index in [0.29, 0.717) is 5.69 Å². The van der Waals surface area contributed by atoms with E-state index in [0.717, 1.165) is 10.0 Å². The molecule has 0 saturated heterocycles. The zero-order valence-corrected chi connectivity index (χ0v) is 10.6. The van der Waals surface area contributed by atoms with E-state index in [1.807, 2.05) is 25.1 Å². The highest BCUT2D eigenvalue weighted by Crippen LogP contribution is 2.22. The summed E-state index contributed by atoms with van der Waals surface area (Å²) in [5, 5.41) is 12.9. The van der Waals surface area contributed by atoms with Gasteiger partial charge in [-0.1, -0.05) is 22.0 Å². The standard InChI is InChI=1S/C11H10BrN3O2/c1-6-2-3-7(4-9(6)12)15-10(13)8(5-14-15)11(16)17/h2-5H,13H2,1H3,(H,16,17). The molecule has 17 heavy (non-hydrogen) atoms. The number of halogens is 1. The van der Waals surface area contributed by atoms with E-state index in [1.54, 1.807) is 0 Å². The van der Waals surface area contributed by atoms with Crippen LogP contribution in [0.15, 0.2) is 28.9 Å². The molecule has 0 atom stereocenters. The molecule has 0 radical (unpaired) electrons. The summed E-state index contributed by atoms with van der Waals surface area (Å²) in [5.41, 5.74) is 7.53. The molecule has 88 valence electrons. The molecular formula is C11H10BrN3O2. The minimum absolute atomic E-state index is 0.00157. The summed E-state index contributed by atoms with van der Waals surface area (Å²) < 4.78 is 2.31. The van der Waals surface area contributed by atoms with Gasteiger partial charge in [0, 0.05) is 4.47 Å². The number of aromatic carboxylic acids is 1. The second kappa shape index (κ2) is 4.21. The minimum Gasteiger partial charge on any atom is -0.477 e. The summed E-state index contributed by atoms with van der Waals surface area (Å²) in [6, 6.07) is 5.57. The first-order valence-electron chi connectivity index (χ1n) is 4.84. The number of aromatic nitrogens is 2. The van der Waals surface area contributed by atoms with Gasteiger partial charge in [-0.05, 0) is 24.6 Å². The van der Waals surface area contributed by atoms with E-state index in [9.17, 15) is 4.79 Å². The van der Waals surface area contributed by atoms with Crippen LogP contribution in [0.5, 0.6) is 0 Å². The van der Waals surface area contributed by atoms with Crippen molar-refractivity contribution in [2.24, 2.45) is 0 Å². The minimum atomic E-state index is -1.08. The molecule has 0 aliphatic heterocycles. The van der Waals surface area contributed by atoms with Crippen LogP contribution in [0.25, 0.3) is 5.69 Å². The summed E-state index contributed by atoms with van der Waals surface area (Å²) in [5.74, 6) is -0.965. The number of carboxylic acid groups (broad SMARTS) is 1. The second-order valence-electron chi connectivity index (χ2n) is 3.59. The van der Waals surface area contributed by atoms with Gasteiger partial charge in [0.15, 0.2) is 0 Å². The molecule has 0 aliphatic rings. The van der Waals surface area contributed by atoms with Crippen molar-refractivity contribution in [3.05, 3.63) is 40.0 Å². The molecule has 5 nitrogen and oxygen atoms in total. The van der Waals surface area contributed by atoms with Crippen LogP contribution in [-0.4, -0.2) is 20.9 Å². The molecule has 0 aliphatic carbocycles. The van der Waals surface area contributed by atoms with E-state index < -0.39 is 5.97 Å². The lowest BCUT2D eigenvalue weighted by Gasteiger charge is -2.06.